The molecule has 0 bridgehead atoms. The van der Waals surface area contributed by atoms with Gasteiger partial charge in [-0.1, -0.05) is 6.07 Å². The molecule has 5 nitrogen and oxygen atoms in total. The fourth-order valence-corrected chi connectivity index (χ4v) is 1.25. The smallest absolute Gasteiger partial charge is 0.417 e. The van der Waals surface area contributed by atoms with E-state index in [1.807, 2.05) is 0 Å². The van der Waals surface area contributed by atoms with Crippen molar-refractivity contribution in [1.82, 2.24) is 4.98 Å². The van der Waals surface area contributed by atoms with Crippen LogP contribution in [0.2, 0.25) is 0 Å². The van der Waals surface area contributed by atoms with Crippen molar-refractivity contribution in [3.63, 3.8) is 0 Å². The van der Waals surface area contributed by atoms with Crippen molar-refractivity contribution in [3.8, 4) is 0 Å². The van der Waals surface area contributed by atoms with Crippen LogP contribution in [-0.4, -0.2) is 18.1 Å². The topological polar surface area (TPSA) is 72.3 Å². The lowest BCUT2D eigenvalue weighted by Gasteiger charge is -1.98. The highest BCUT2D eigenvalue weighted by Crippen LogP contribution is 2.15. The molecule has 1 heterocycles. The van der Waals surface area contributed by atoms with Crippen molar-refractivity contribution in [2.75, 3.05) is 7.11 Å². The third-order valence-electron chi connectivity index (χ3n) is 1.86. The fourth-order valence-electron chi connectivity index (χ4n) is 1.25. The van der Waals surface area contributed by atoms with Crippen LogP contribution in [0.5, 0.6) is 0 Å². The van der Waals surface area contributed by atoms with E-state index in [9.17, 15) is 9.59 Å². The highest BCUT2D eigenvalue weighted by atomic mass is 16.5. The molecule has 0 saturated carbocycles. The second-order valence-corrected chi connectivity index (χ2v) is 2.68. The van der Waals surface area contributed by atoms with Gasteiger partial charge in [0.25, 0.3) is 0 Å². The van der Waals surface area contributed by atoms with Crippen molar-refractivity contribution < 1.29 is 13.9 Å². The van der Waals surface area contributed by atoms with Gasteiger partial charge in [-0.15, -0.1) is 0 Å². The number of hydrogen-bond acceptors (Lipinski definition) is 4. The lowest BCUT2D eigenvalue weighted by Crippen LogP contribution is -2.02. The van der Waals surface area contributed by atoms with Gasteiger partial charge in [0.05, 0.1) is 12.7 Å². The Kier molecular flexibility index (Phi) is 1.85. The van der Waals surface area contributed by atoms with Gasteiger partial charge in [0.1, 0.15) is 5.52 Å². The molecule has 1 N–H and O–H groups in total. The summed E-state index contributed by atoms with van der Waals surface area (Å²) < 4.78 is 9.34. The molecular formula is C9H7NO4. The van der Waals surface area contributed by atoms with Crippen molar-refractivity contribution in [1.29, 1.82) is 0 Å². The average molecular weight is 193 g/mol. The van der Waals surface area contributed by atoms with Crippen LogP contribution >= 0.6 is 0 Å². The largest absolute Gasteiger partial charge is 0.465 e. The highest BCUT2D eigenvalue weighted by molar-refractivity contribution is 6.01. The Morgan fingerprint density at radius 2 is 2.29 bits per heavy atom. The first kappa shape index (κ1) is 8.55. The summed E-state index contributed by atoms with van der Waals surface area (Å²) in [6.45, 7) is 0. The summed E-state index contributed by atoms with van der Waals surface area (Å²) in [5.41, 5.74) is 0.998. The first-order valence-electron chi connectivity index (χ1n) is 3.92. The van der Waals surface area contributed by atoms with Crippen molar-refractivity contribution in [2.24, 2.45) is 0 Å². The molecule has 14 heavy (non-hydrogen) atoms. The molecule has 0 spiro atoms. The van der Waals surface area contributed by atoms with Gasteiger partial charge in [0.15, 0.2) is 5.58 Å². The van der Waals surface area contributed by atoms with Crippen LogP contribution in [0.4, 0.5) is 0 Å². The molecule has 0 saturated heterocycles. The van der Waals surface area contributed by atoms with Crippen LogP contribution in [0.15, 0.2) is 27.4 Å². The van der Waals surface area contributed by atoms with E-state index in [2.05, 4.69) is 9.72 Å². The predicted octanol–water partition coefficient (Wildman–Crippen LogP) is 0.908. The van der Waals surface area contributed by atoms with E-state index in [-0.39, 0.29) is 5.56 Å². The minimum atomic E-state index is -0.587. The van der Waals surface area contributed by atoms with Crippen LogP contribution in [0, 0.1) is 0 Å². The number of esters is 1. The maximum atomic E-state index is 11.3. The van der Waals surface area contributed by atoms with Gasteiger partial charge in [-0.3, -0.25) is 4.98 Å². The number of aromatic nitrogens is 1. The van der Waals surface area contributed by atoms with E-state index in [1.165, 1.54) is 7.11 Å². The third-order valence-corrected chi connectivity index (χ3v) is 1.86. The zero-order chi connectivity index (χ0) is 10.1. The van der Waals surface area contributed by atoms with E-state index in [4.69, 9.17) is 4.42 Å². The molecular weight excluding hydrogens is 186 g/mol. The van der Waals surface area contributed by atoms with Crippen LogP contribution in [0.3, 0.4) is 0 Å². The SMILES string of the molecule is COC(=O)c1cccc2oc(=O)[nH]c12. The number of oxazole rings is 1. The molecule has 0 amide bonds. The highest BCUT2D eigenvalue weighted by Gasteiger charge is 2.12. The molecule has 1 aromatic carbocycles. The second kappa shape index (κ2) is 3.02. The van der Waals surface area contributed by atoms with Crippen LogP contribution in [0.25, 0.3) is 11.1 Å². The Bertz CT molecular complexity index is 537. The van der Waals surface area contributed by atoms with Crippen LogP contribution in [0.1, 0.15) is 10.4 Å². The molecule has 2 aromatic rings. The number of fused-ring (bicyclic) bond motifs is 1. The molecule has 1 aromatic heterocycles. The lowest BCUT2D eigenvalue weighted by atomic mass is 10.2. The summed E-state index contributed by atoms with van der Waals surface area (Å²) in [7, 11) is 1.28. The van der Waals surface area contributed by atoms with E-state index in [1.54, 1.807) is 18.2 Å². The number of hydrogen-bond donors (Lipinski definition) is 1. The Morgan fingerprint density at radius 3 is 3.00 bits per heavy atom. The van der Waals surface area contributed by atoms with E-state index >= 15 is 0 Å². The number of carbonyl (C=O) groups is 1. The van der Waals surface area contributed by atoms with E-state index < -0.39 is 11.7 Å². The Morgan fingerprint density at radius 1 is 1.50 bits per heavy atom. The van der Waals surface area contributed by atoms with Crippen molar-refractivity contribution in [2.45, 2.75) is 0 Å². The second-order valence-electron chi connectivity index (χ2n) is 2.68. The summed E-state index contributed by atoms with van der Waals surface area (Å²) >= 11 is 0. The van der Waals surface area contributed by atoms with Gasteiger partial charge >= 0.3 is 11.7 Å². The van der Waals surface area contributed by atoms with E-state index in [0.29, 0.717) is 11.1 Å². The van der Waals surface area contributed by atoms with Gasteiger partial charge in [-0.2, -0.15) is 0 Å². The first-order valence-corrected chi connectivity index (χ1v) is 3.92. The van der Waals surface area contributed by atoms with Gasteiger partial charge < -0.3 is 9.15 Å². The zero-order valence-corrected chi connectivity index (χ0v) is 7.37. The number of carbonyl (C=O) groups excluding carboxylic acids is 1. The number of methoxy groups -OCH3 is 1. The van der Waals surface area contributed by atoms with Crippen molar-refractivity contribution >= 4 is 17.1 Å². The number of ether oxygens (including phenoxy) is 1. The fraction of sp³-hybridized carbons (Fsp3) is 0.111. The molecule has 0 radical (unpaired) electrons. The van der Waals surface area contributed by atoms with Crippen LogP contribution < -0.4 is 5.76 Å². The Labute approximate surface area is 78.3 Å². The molecule has 0 atom stereocenters. The average Bonchev–Trinajstić information content (AvgIpc) is 2.56. The Balaban J connectivity index is 2.76. The van der Waals surface area contributed by atoms with Crippen LogP contribution in [-0.2, 0) is 4.74 Å². The monoisotopic (exact) mass is 193 g/mol. The lowest BCUT2D eigenvalue weighted by molar-refractivity contribution is 0.0603. The third kappa shape index (κ3) is 1.19. The Hall–Kier alpha value is -2.04. The molecule has 0 fully saturated rings. The molecule has 0 unspecified atom stereocenters. The first-order chi connectivity index (χ1) is 6.72. The van der Waals surface area contributed by atoms with Gasteiger partial charge in [0, 0.05) is 0 Å². The predicted molar refractivity (Wildman–Crippen MR) is 48.2 cm³/mol. The summed E-state index contributed by atoms with van der Waals surface area (Å²) in [5.74, 6) is -1.09. The summed E-state index contributed by atoms with van der Waals surface area (Å²) in [6, 6.07) is 4.77. The van der Waals surface area contributed by atoms with Gasteiger partial charge in [0.2, 0.25) is 0 Å². The van der Waals surface area contributed by atoms with Gasteiger partial charge in [-0.25, -0.2) is 9.59 Å². The standard InChI is InChI=1S/C9H7NO4/c1-13-8(11)5-3-2-4-6-7(5)10-9(12)14-6/h2-4H,1H3,(H,10,12). The molecule has 5 heteroatoms. The van der Waals surface area contributed by atoms with Crippen molar-refractivity contribution in [3.05, 3.63) is 34.3 Å². The zero-order valence-electron chi connectivity index (χ0n) is 7.37. The number of benzene rings is 1. The summed E-state index contributed by atoms with van der Waals surface area (Å²) in [5, 5.41) is 0. The maximum Gasteiger partial charge on any atom is 0.417 e. The normalized spacial score (nSPS) is 10.4. The summed E-state index contributed by atoms with van der Waals surface area (Å²) in [4.78, 5) is 24.5. The number of nitrogens with one attached hydrogen (secondary N) is 1. The molecule has 2 rings (SSSR count). The number of aromatic amines is 1. The molecule has 0 aliphatic heterocycles. The minimum Gasteiger partial charge on any atom is -0.465 e. The number of rotatable bonds is 1. The minimum absolute atomic E-state index is 0.288. The number of para-hydroxylation sites is 1. The molecule has 0 aliphatic rings. The number of H-pyrrole nitrogens is 1. The maximum absolute atomic E-state index is 11.3. The van der Waals surface area contributed by atoms with E-state index in [0.717, 1.165) is 0 Å². The van der Waals surface area contributed by atoms with Gasteiger partial charge in [-0.05, 0) is 12.1 Å². The molecule has 72 valence electrons. The summed E-state index contributed by atoms with van der Waals surface area (Å²) in [6.07, 6.45) is 0. The quantitative estimate of drug-likeness (QED) is 0.683. The molecule has 0 aliphatic carbocycles.